The van der Waals surface area contributed by atoms with Crippen LogP contribution in [-0.2, 0) is 11.2 Å². The largest absolute Gasteiger partial charge is 0.382 e. The molecule has 1 aromatic rings. The molecule has 2 rings (SSSR count). The molecule has 1 saturated carbocycles. The Labute approximate surface area is 101 Å². The van der Waals surface area contributed by atoms with Crippen molar-refractivity contribution in [2.24, 2.45) is 0 Å². The average Bonchev–Trinajstić information content (AvgIpc) is 2.76. The van der Waals surface area contributed by atoms with Gasteiger partial charge in [-0.25, -0.2) is 0 Å². The minimum absolute atomic E-state index is 0.0191. The van der Waals surface area contributed by atoms with Gasteiger partial charge in [-0.3, -0.25) is 4.79 Å². The third kappa shape index (κ3) is 2.49. The third-order valence-corrected chi connectivity index (χ3v) is 4.54. The fraction of sp³-hybridized carbons (Fsp3) is 0.545. The topological polar surface area (TPSA) is 37.3 Å². The first kappa shape index (κ1) is 11.3. The maximum absolute atomic E-state index is 11.9. The third-order valence-electron chi connectivity index (χ3n) is 2.91. The highest BCUT2D eigenvalue weighted by atomic mass is 79.9. The summed E-state index contributed by atoms with van der Waals surface area (Å²) < 4.78 is 1.03. The van der Waals surface area contributed by atoms with E-state index in [0.717, 1.165) is 21.5 Å². The number of Topliss-reactive ketones (excluding diaryl/α,β-unsaturated/α-hetero) is 1. The van der Waals surface area contributed by atoms with E-state index in [1.165, 1.54) is 0 Å². The van der Waals surface area contributed by atoms with E-state index >= 15 is 0 Å². The van der Waals surface area contributed by atoms with Gasteiger partial charge in [-0.05, 0) is 53.7 Å². The summed E-state index contributed by atoms with van der Waals surface area (Å²) in [6.45, 7) is 0. The summed E-state index contributed by atoms with van der Waals surface area (Å²) in [4.78, 5) is 12.9. The second-order valence-electron chi connectivity index (χ2n) is 4.04. The van der Waals surface area contributed by atoms with Crippen molar-refractivity contribution in [1.82, 2.24) is 0 Å². The first-order chi connectivity index (χ1) is 7.10. The van der Waals surface area contributed by atoms with Crippen molar-refractivity contribution in [3.8, 4) is 0 Å². The van der Waals surface area contributed by atoms with Crippen molar-refractivity contribution in [3.05, 3.63) is 20.8 Å². The van der Waals surface area contributed by atoms with Crippen LogP contribution in [0.1, 0.15) is 30.6 Å². The lowest BCUT2D eigenvalue weighted by Crippen LogP contribution is -2.36. The number of hydrogen-bond acceptors (Lipinski definition) is 3. The molecule has 15 heavy (non-hydrogen) atoms. The van der Waals surface area contributed by atoms with Gasteiger partial charge in [0, 0.05) is 11.3 Å². The van der Waals surface area contributed by atoms with Gasteiger partial charge in [0.25, 0.3) is 0 Å². The number of rotatable bonds is 3. The van der Waals surface area contributed by atoms with Crippen molar-refractivity contribution in [2.75, 3.05) is 0 Å². The van der Waals surface area contributed by atoms with Crippen LogP contribution < -0.4 is 0 Å². The molecule has 0 atom stereocenters. The molecule has 1 aliphatic carbocycles. The van der Waals surface area contributed by atoms with Gasteiger partial charge >= 0.3 is 0 Å². The number of aliphatic hydroxyl groups is 1. The maximum atomic E-state index is 11.9. The van der Waals surface area contributed by atoms with Crippen LogP contribution in [0.2, 0.25) is 0 Å². The lowest BCUT2D eigenvalue weighted by Gasteiger charge is -2.19. The SMILES string of the molecule is O=C(Cc1ccc(Br)s1)C1(O)CCCC1. The van der Waals surface area contributed by atoms with Crippen molar-refractivity contribution in [1.29, 1.82) is 0 Å². The molecule has 1 heterocycles. The molecule has 0 saturated heterocycles. The molecule has 1 fully saturated rings. The molecule has 1 N–H and O–H groups in total. The highest BCUT2D eigenvalue weighted by Gasteiger charge is 2.38. The standard InChI is InChI=1S/C11H13BrO2S/c12-10-4-3-8(15-10)7-9(13)11(14)5-1-2-6-11/h3-4,14H,1-2,5-7H2. The van der Waals surface area contributed by atoms with Crippen LogP contribution in [0, 0.1) is 0 Å². The molecule has 0 aromatic carbocycles. The summed E-state index contributed by atoms with van der Waals surface area (Å²) in [6, 6.07) is 3.87. The molecule has 0 spiro atoms. The van der Waals surface area contributed by atoms with Crippen molar-refractivity contribution in [3.63, 3.8) is 0 Å². The van der Waals surface area contributed by atoms with Crippen LogP contribution in [0.5, 0.6) is 0 Å². The lowest BCUT2D eigenvalue weighted by atomic mass is 9.94. The van der Waals surface area contributed by atoms with E-state index in [4.69, 9.17) is 0 Å². The fourth-order valence-corrected chi connectivity index (χ4v) is 3.49. The van der Waals surface area contributed by atoms with Gasteiger partial charge in [-0.15, -0.1) is 11.3 Å². The molecule has 4 heteroatoms. The zero-order chi connectivity index (χ0) is 10.9. The van der Waals surface area contributed by atoms with E-state index in [2.05, 4.69) is 15.9 Å². The van der Waals surface area contributed by atoms with E-state index in [9.17, 15) is 9.90 Å². The maximum Gasteiger partial charge on any atom is 0.169 e. The molecule has 1 aliphatic rings. The normalized spacial score (nSPS) is 19.3. The van der Waals surface area contributed by atoms with Crippen LogP contribution in [-0.4, -0.2) is 16.5 Å². The number of thiophene rings is 1. The molecule has 0 aliphatic heterocycles. The highest BCUT2D eigenvalue weighted by Crippen LogP contribution is 2.32. The molecule has 0 unspecified atom stereocenters. The van der Waals surface area contributed by atoms with Crippen LogP contribution in [0.4, 0.5) is 0 Å². The lowest BCUT2D eigenvalue weighted by molar-refractivity contribution is -0.135. The van der Waals surface area contributed by atoms with Gasteiger partial charge in [0.05, 0.1) is 3.79 Å². The molecule has 0 radical (unpaired) electrons. The van der Waals surface area contributed by atoms with Crippen molar-refractivity contribution >= 4 is 33.0 Å². The minimum Gasteiger partial charge on any atom is -0.382 e. The monoisotopic (exact) mass is 288 g/mol. The molecule has 0 amide bonds. The summed E-state index contributed by atoms with van der Waals surface area (Å²) in [6.07, 6.45) is 3.58. The molecule has 1 aromatic heterocycles. The number of carbonyl (C=O) groups is 1. The van der Waals surface area contributed by atoms with Gasteiger partial charge in [0.2, 0.25) is 0 Å². The highest BCUT2D eigenvalue weighted by molar-refractivity contribution is 9.11. The fourth-order valence-electron chi connectivity index (χ4n) is 2.01. The van der Waals surface area contributed by atoms with E-state index in [1.807, 2.05) is 12.1 Å². The second-order valence-corrected chi connectivity index (χ2v) is 6.59. The predicted octanol–water partition coefficient (Wildman–Crippen LogP) is 2.93. The molecule has 2 nitrogen and oxygen atoms in total. The van der Waals surface area contributed by atoms with E-state index in [-0.39, 0.29) is 5.78 Å². The summed E-state index contributed by atoms with van der Waals surface area (Å²) >= 11 is 4.92. The Bertz CT molecular complexity index is 366. The van der Waals surface area contributed by atoms with Gasteiger partial charge in [0.15, 0.2) is 5.78 Å². The first-order valence-electron chi connectivity index (χ1n) is 5.10. The summed E-state index contributed by atoms with van der Waals surface area (Å²) in [5, 5.41) is 10.1. The Balaban J connectivity index is 2.03. The summed E-state index contributed by atoms with van der Waals surface area (Å²) in [5.41, 5.74) is -1.03. The van der Waals surface area contributed by atoms with Crippen molar-refractivity contribution < 1.29 is 9.90 Å². The smallest absolute Gasteiger partial charge is 0.169 e. The van der Waals surface area contributed by atoms with Crippen molar-refractivity contribution in [2.45, 2.75) is 37.7 Å². The quantitative estimate of drug-likeness (QED) is 0.929. The van der Waals surface area contributed by atoms with Crippen LogP contribution in [0.25, 0.3) is 0 Å². The number of halogens is 1. The number of hydrogen-bond donors (Lipinski definition) is 1. The summed E-state index contributed by atoms with van der Waals surface area (Å²) in [7, 11) is 0. The Morgan fingerprint density at radius 3 is 2.67 bits per heavy atom. The Morgan fingerprint density at radius 2 is 2.13 bits per heavy atom. The molecular formula is C11H13BrO2S. The first-order valence-corrected chi connectivity index (χ1v) is 6.71. The molecule has 82 valence electrons. The number of ketones is 1. The Hall–Kier alpha value is -0.190. The zero-order valence-electron chi connectivity index (χ0n) is 8.33. The van der Waals surface area contributed by atoms with E-state index in [0.29, 0.717) is 19.3 Å². The number of carbonyl (C=O) groups excluding carboxylic acids is 1. The zero-order valence-corrected chi connectivity index (χ0v) is 10.7. The average molecular weight is 289 g/mol. The van der Waals surface area contributed by atoms with E-state index < -0.39 is 5.60 Å². The van der Waals surface area contributed by atoms with Gasteiger partial charge < -0.3 is 5.11 Å². The summed E-state index contributed by atoms with van der Waals surface area (Å²) in [5.74, 6) is -0.0191. The Morgan fingerprint density at radius 1 is 1.47 bits per heavy atom. The van der Waals surface area contributed by atoms with Crippen LogP contribution in [0.15, 0.2) is 15.9 Å². The molecular weight excluding hydrogens is 276 g/mol. The Kier molecular flexibility index (Phi) is 3.28. The van der Waals surface area contributed by atoms with E-state index in [1.54, 1.807) is 11.3 Å². The van der Waals surface area contributed by atoms with Crippen LogP contribution >= 0.6 is 27.3 Å². The van der Waals surface area contributed by atoms with Gasteiger partial charge in [-0.2, -0.15) is 0 Å². The minimum atomic E-state index is -1.03. The van der Waals surface area contributed by atoms with Gasteiger partial charge in [0.1, 0.15) is 5.60 Å². The molecule has 0 bridgehead atoms. The second kappa shape index (κ2) is 4.36. The van der Waals surface area contributed by atoms with Crippen LogP contribution in [0.3, 0.4) is 0 Å². The van der Waals surface area contributed by atoms with Gasteiger partial charge in [-0.1, -0.05) is 0 Å². The predicted molar refractivity (Wildman–Crippen MR) is 64.1 cm³/mol.